The first kappa shape index (κ1) is 21.6. The van der Waals surface area contributed by atoms with Crippen LogP contribution in [0.15, 0.2) is 82.3 Å². The predicted molar refractivity (Wildman–Crippen MR) is 119 cm³/mol. The molecule has 172 valence electrons. The molecule has 4 aromatic rings. The number of fused-ring (bicyclic) bond motifs is 2. The molecule has 1 aliphatic heterocycles. The Labute approximate surface area is 191 Å². The number of nitrogens with zero attached hydrogens (tertiary/aromatic N) is 1. The van der Waals surface area contributed by atoms with E-state index < -0.39 is 23.8 Å². The minimum absolute atomic E-state index is 0.0210. The van der Waals surface area contributed by atoms with Gasteiger partial charge < -0.3 is 13.9 Å². The molecule has 1 unspecified atom stereocenters. The van der Waals surface area contributed by atoms with Gasteiger partial charge in [0, 0.05) is 5.56 Å². The lowest BCUT2D eigenvalue weighted by molar-refractivity contribution is -0.137. The van der Waals surface area contributed by atoms with Crippen molar-refractivity contribution in [2.24, 2.45) is 5.10 Å². The summed E-state index contributed by atoms with van der Waals surface area (Å²) in [5.74, 6) is 1.01. The predicted octanol–water partition coefficient (Wildman–Crippen LogP) is 5.41. The van der Waals surface area contributed by atoms with Gasteiger partial charge in [0.2, 0.25) is 6.10 Å². The molecule has 0 saturated heterocycles. The molecule has 0 bridgehead atoms. The summed E-state index contributed by atoms with van der Waals surface area (Å²) in [5, 5.41) is 5.81. The summed E-state index contributed by atoms with van der Waals surface area (Å²) in [5.41, 5.74) is 1.87. The number of hydrogen-bond donors (Lipinski definition) is 1. The van der Waals surface area contributed by atoms with Crippen LogP contribution in [-0.2, 0) is 11.0 Å². The first-order valence-corrected chi connectivity index (χ1v) is 10.3. The molecule has 0 fully saturated rings. The number of alkyl halides is 3. The van der Waals surface area contributed by atoms with E-state index in [1.807, 2.05) is 36.4 Å². The summed E-state index contributed by atoms with van der Waals surface area (Å²) in [7, 11) is 0. The highest BCUT2D eigenvalue weighted by atomic mass is 19.4. The van der Waals surface area contributed by atoms with Gasteiger partial charge in [-0.1, -0.05) is 36.4 Å². The fourth-order valence-electron chi connectivity index (χ4n) is 3.54. The second kappa shape index (κ2) is 8.58. The topological polar surface area (TPSA) is 73.1 Å². The fourth-order valence-corrected chi connectivity index (χ4v) is 3.54. The van der Waals surface area contributed by atoms with Crippen molar-refractivity contribution in [3.63, 3.8) is 0 Å². The maximum absolute atomic E-state index is 12.9. The number of furan rings is 1. The van der Waals surface area contributed by atoms with Crippen molar-refractivity contribution >= 4 is 22.9 Å². The minimum atomic E-state index is -4.45. The average molecular weight is 466 g/mol. The Kier molecular flexibility index (Phi) is 5.45. The lowest BCUT2D eigenvalue weighted by atomic mass is 10.1. The van der Waals surface area contributed by atoms with E-state index in [4.69, 9.17) is 13.9 Å². The van der Waals surface area contributed by atoms with Gasteiger partial charge in [0.05, 0.1) is 11.8 Å². The smallest absolute Gasteiger partial charge is 0.416 e. The summed E-state index contributed by atoms with van der Waals surface area (Å²) in [6, 6.07) is 19.3. The van der Waals surface area contributed by atoms with E-state index in [1.165, 1.54) is 30.5 Å². The molecule has 6 nitrogen and oxygen atoms in total. The second-order valence-corrected chi connectivity index (χ2v) is 7.58. The molecule has 1 amide bonds. The molecule has 0 spiro atoms. The summed E-state index contributed by atoms with van der Waals surface area (Å²) in [4.78, 5) is 12.5. The van der Waals surface area contributed by atoms with Gasteiger partial charge in [-0.3, -0.25) is 4.79 Å². The van der Waals surface area contributed by atoms with Crippen LogP contribution in [0.1, 0.15) is 11.3 Å². The Morgan fingerprint density at radius 1 is 0.971 bits per heavy atom. The number of benzene rings is 3. The number of carbonyl (C=O) groups is 1. The third-order valence-electron chi connectivity index (χ3n) is 5.23. The van der Waals surface area contributed by atoms with Crippen LogP contribution in [0.2, 0.25) is 0 Å². The van der Waals surface area contributed by atoms with Crippen LogP contribution < -0.4 is 14.9 Å². The zero-order valence-electron chi connectivity index (χ0n) is 17.5. The monoisotopic (exact) mass is 466 g/mol. The maximum atomic E-state index is 12.9. The Bertz CT molecular complexity index is 1390. The molecule has 34 heavy (non-hydrogen) atoms. The lowest BCUT2D eigenvalue weighted by Gasteiger charge is -2.25. The standard InChI is InChI=1S/C25H17F3N2O4/c26-25(27,28)18-7-3-6-17(10-18)20-9-8-19(33-20)13-29-30-24(31)23-14-32-21-11-15-4-1-2-5-16(15)12-22(21)34-23/h1-13,23H,14H2,(H,30,31). The Hall–Kier alpha value is -4.27. The van der Waals surface area contributed by atoms with Crippen LogP contribution in [0.4, 0.5) is 13.2 Å². The van der Waals surface area contributed by atoms with Crippen LogP contribution in [0.3, 0.4) is 0 Å². The molecule has 2 heterocycles. The Morgan fingerprint density at radius 3 is 2.50 bits per heavy atom. The van der Waals surface area contributed by atoms with Gasteiger partial charge in [-0.05, 0) is 47.2 Å². The molecule has 0 aliphatic carbocycles. The molecule has 1 N–H and O–H groups in total. The van der Waals surface area contributed by atoms with Gasteiger partial charge >= 0.3 is 6.18 Å². The highest BCUT2D eigenvalue weighted by Crippen LogP contribution is 2.36. The Balaban J connectivity index is 1.23. The fraction of sp³-hybridized carbons (Fsp3) is 0.120. The summed E-state index contributed by atoms with van der Waals surface area (Å²) in [6.45, 7) is 0.0210. The van der Waals surface area contributed by atoms with Gasteiger partial charge in [0.15, 0.2) is 11.5 Å². The zero-order valence-corrected chi connectivity index (χ0v) is 17.5. The molecular formula is C25H17F3N2O4. The van der Waals surface area contributed by atoms with Crippen molar-refractivity contribution in [3.05, 3.63) is 84.1 Å². The van der Waals surface area contributed by atoms with E-state index in [1.54, 1.807) is 0 Å². The van der Waals surface area contributed by atoms with Crippen molar-refractivity contribution in [2.45, 2.75) is 12.3 Å². The zero-order chi connectivity index (χ0) is 23.7. The van der Waals surface area contributed by atoms with E-state index in [-0.39, 0.29) is 23.7 Å². The largest absolute Gasteiger partial charge is 0.485 e. The highest BCUT2D eigenvalue weighted by Gasteiger charge is 2.31. The third kappa shape index (κ3) is 4.45. The first-order valence-electron chi connectivity index (χ1n) is 10.3. The van der Waals surface area contributed by atoms with Crippen molar-refractivity contribution in [1.29, 1.82) is 0 Å². The molecule has 1 atom stereocenters. The molecule has 1 aliphatic rings. The van der Waals surface area contributed by atoms with Gasteiger partial charge in [-0.2, -0.15) is 18.3 Å². The van der Waals surface area contributed by atoms with Crippen molar-refractivity contribution < 1.29 is 31.9 Å². The number of nitrogens with one attached hydrogen (secondary N) is 1. The molecular weight excluding hydrogens is 449 g/mol. The highest BCUT2D eigenvalue weighted by molar-refractivity contribution is 5.87. The van der Waals surface area contributed by atoms with Crippen molar-refractivity contribution in [2.75, 3.05) is 6.61 Å². The van der Waals surface area contributed by atoms with E-state index in [0.29, 0.717) is 11.5 Å². The van der Waals surface area contributed by atoms with Crippen LogP contribution >= 0.6 is 0 Å². The first-order chi connectivity index (χ1) is 16.4. The van der Waals surface area contributed by atoms with E-state index in [2.05, 4.69) is 10.5 Å². The van der Waals surface area contributed by atoms with Gasteiger partial charge in [0.1, 0.15) is 18.1 Å². The van der Waals surface area contributed by atoms with E-state index >= 15 is 0 Å². The van der Waals surface area contributed by atoms with Gasteiger partial charge in [-0.15, -0.1) is 0 Å². The summed E-state index contributed by atoms with van der Waals surface area (Å²) >= 11 is 0. The molecule has 3 aromatic carbocycles. The van der Waals surface area contributed by atoms with Crippen molar-refractivity contribution in [1.82, 2.24) is 5.43 Å². The van der Waals surface area contributed by atoms with Gasteiger partial charge in [0.25, 0.3) is 5.91 Å². The second-order valence-electron chi connectivity index (χ2n) is 7.58. The molecule has 0 radical (unpaired) electrons. The van der Waals surface area contributed by atoms with E-state index in [0.717, 1.165) is 22.9 Å². The number of ether oxygens (including phenoxy) is 2. The van der Waals surface area contributed by atoms with Crippen molar-refractivity contribution in [3.8, 4) is 22.8 Å². The SMILES string of the molecule is O=C(NN=Cc1ccc(-c2cccc(C(F)(F)F)c2)o1)C1COc2cc3ccccc3cc2O1. The number of rotatable bonds is 4. The van der Waals surface area contributed by atoms with E-state index in [9.17, 15) is 18.0 Å². The van der Waals surface area contributed by atoms with Crippen LogP contribution in [0.25, 0.3) is 22.1 Å². The van der Waals surface area contributed by atoms with Crippen LogP contribution in [0, 0.1) is 0 Å². The molecule has 9 heteroatoms. The number of carbonyl (C=O) groups excluding carboxylic acids is 1. The molecule has 1 aromatic heterocycles. The minimum Gasteiger partial charge on any atom is -0.485 e. The normalized spacial score (nSPS) is 15.6. The maximum Gasteiger partial charge on any atom is 0.416 e. The Morgan fingerprint density at radius 2 is 1.74 bits per heavy atom. The van der Waals surface area contributed by atoms with Gasteiger partial charge in [-0.25, -0.2) is 5.43 Å². The number of halogens is 3. The summed E-state index contributed by atoms with van der Waals surface area (Å²) < 4.78 is 55.8. The molecule has 5 rings (SSSR count). The average Bonchev–Trinajstić information content (AvgIpc) is 3.31. The molecule has 0 saturated carbocycles. The lowest BCUT2D eigenvalue weighted by Crippen LogP contribution is -2.42. The summed E-state index contributed by atoms with van der Waals surface area (Å²) in [6.07, 6.45) is -4.10. The van der Waals surface area contributed by atoms with Crippen LogP contribution in [0.5, 0.6) is 11.5 Å². The number of hydrogen-bond acceptors (Lipinski definition) is 5. The number of hydrazone groups is 1. The third-order valence-corrected chi connectivity index (χ3v) is 5.23. The van der Waals surface area contributed by atoms with Crippen LogP contribution in [-0.4, -0.2) is 24.8 Å². The quantitative estimate of drug-likeness (QED) is 0.323. The number of amides is 1.